The molecule has 0 fully saturated rings. The Kier molecular flexibility index (Phi) is 6.99. The predicted octanol–water partition coefficient (Wildman–Crippen LogP) is 3.34. The highest BCUT2D eigenvalue weighted by atomic mass is 35.5. The van der Waals surface area contributed by atoms with Crippen molar-refractivity contribution in [3.63, 3.8) is 0 Å². The lowest BCUT2D eigenvalue weighted by atomic mass is 9.90. The van der Waals surface area contributed by atoms with Crippen LogP contribution in [0.2, 0.25) is 5.02 Å². The molecule has 1 N–H and O–H groups in total. The number of benzene rings is 1. The third kappa shape index (κ3) is 5.39. The fourth-order valence-corrected chi connectivity index (χ4v) is 1.89. The molecule has 1 aromatic carbocycles. The summed E-state index contributed by atoms with van der Waals surface area (Å²) in [6.07, 6.45) is 1.71. The van der Waals surface area contributed by atoms with Crippen molar-refractivity contribution in [3.8, 4) is 6.07 Å². The Morgan fingerprint density at radius 1 is 1.33 bits per heavy atom. The van der Waals surface area contributed by atoms with Crippen molar-refractivity contribution < 1.29 is 14.3 Å². The second-order valence-electron chi connectivity index (χ2n) is 5.89. The maximum Gasteiger partial charge on any atom is 0.331 e. The molecule has 0 aliphatic carbocycles. The molecule has 0 unspecified atom stereocenters. The number of nitriles is 1. The smallest absolute Gasteiger partial charge is 0.331 e. The zero-order valence-corrected chi connectivity index (χ0v) is 14.9. The Labute approximate surface area is 147 Å². The van der Waals surface area contributed by atoms with Crippen molar-refractivity contribution >= 4 is 29.6 Å². The number of hydrogen-bond acceptors (Lipinski definition) is 4. The van der Waals surface area contributed by atoms with E-state index in [0.717, 1.165) is 0 Å². The number of carbonyl (C=O) groups excluding carboxylic acids is 2. The Hall–Kier alpha value is -2.32. The number of nitrogens with zero attached hydrogens (tertiary/aromatic N) is 1. The van der Waals surface area contributed by atoms with E-state index in [1.807, 2.05) is 13.8 Å². The van der Waals surface area contributed by atoms with E-state index in [1.165, 1.54) is 19.1 Å². The van der Waals surface area contributed by atoms with Crippen molar-refractivity contribution in [2.75, 3.05) is 0 Å². The lowest BCUT2D eigenvalue weighted by molar-refractivity contribution is -0.150. The molecule has 0 spiro atoms. The molecule has 1 amide bonds. The maximum absolute atomic E-state index is 12.1. The van der Waals surface area contributed by atoms with Crippen LogP contribution < -0.4 is 5.32 Å². The molecular formula is C18H21ClN2O3. The normalized spacial score (nSPS) is 14.7. The van der Waals surface area contributed by atoms with Gasteiger partial charge in [0.2, 0.25) is 0 Å². The van der Waals surface area contributed by atoms with Crippen LogP contribution in [-0.4, -0.2) is 23.5 Å². The minimum Gasteiger partial charge on any atom is -0.449 e. The third-order valence-electron chi connectivity index (χ3n) is 3.74. The number of nitrogens with one attached hydrogen (secondary N) is 1. The third-order valence-corrected chi connectivity index (χ3v) is 4.08. The summed E-state index contributed by atoms with van der Waals surface area (Å²) in [7, 11) is 0. The van der Waals surface area contributed by atoms with Crippen LogP contribution >= 0.6 is 11.6 Å². The number of carbonyl (C=O) groups is 2. The lowest BCUT2D eigenvalue weighted by Crippen LogP contribution is -2.52. The Morgan fingerprint density at radius 2 is 1.96 bits per heavy atom. The first-order valence-electron chi connectivity index (χ1n) is 7.56. The molecule has 24 heavy (non-hydrogen) atoms. The molecule has 0 aliphatic heterocycles. The standard InChI is InChI=1S/C18H21ClN2O3/c1-12(2)18(4,11-20)21-17(23)13(3)24-16(22)10-9-14-7-5-6-8-15(14)19/h5-10,12-13H,1-4H3,(H,21,23)/b10-9+/t13-,18+/m0/s1. The average molecular weight is 349 g/mol. The minimum atomic E-state index is -1.02. The van der Waals surface area contributed by atoms with E-state index in [-0.39, 0.29) is 5.92 Å². The Bertz CT molecular complexity index is 679. The lowest BCUT2D eigenvalue weighted by Gasteiger charge is -2.28. The van der Waals surface area contributed by atoms with Crippen LogP contribution in [0.1, 0.15) is 33.3 Å². The highest BCUT2D eigenvalue weighted by Gasteiger charge is 2.32. The van der Waals surface area contributed by atoms with Gasteiger partial charge < -0.3 is 10.1 Å². The molecular weight excluding hydrogens is 328 g/mol. The zero-order chi connectivity index (χ0) is 18.3. The summed E-state index contributed by atoms with van der Waals surface area (Å²) in [5.41, 5.74) is -0.351. The van der Waals surface area contributed by atoms with E-state index in [9.17, 15) is 14.9 Å². The molecule has 0 bridgehead atoms. The second-order valence-corrected chi connectivity index (χ2v) is 6.30. The summed E-state index contributed by atoms with van der Waals surface area (Å²) < 4.78 is 5.05. The number of esters is 1. The largest absolute Gasteiger partial charge is 0.449 e. The number of halogens is 1. The number of hydrogen-bond donors (Lipinski definition) is 1. The van der Waals surface area contributed by atoms with E-state index < -0.39 is 23.5 Å². The topological polar surface area (TPSA) is 79.2 Å². The minimum absolute atomic E-state index is 0.0885. The van der Waals surface area contributed by atoms with Gasteiger partial charge in [-0.25, -0.2) is 4.79 Å². The monoisotopic (exact) mass is 348 g/mol. The molecule has 1 rings (SSSR count). The van der Waals surface area contributed by atoms with Crippen LogP contribution in [-0.2, 0) is 14.3 Å². The van der Waals surface area contributed by atoms with Gasteiger partial charge in [0, 0.05) is 11.1 Å². The predicted molar refractivity (Wildman–Crippen MR) is 93.0 cm³/mol. The number of ether oxygens (including phenoxy) is 1. The van der Waals surface area contributed by atoms with Gasteiger partial charge in [-0.2, -0.15) is 5.26 Å². The summed E-state index contributed by atoms with van der Waals surface area (Å²) in [5.74, 6) is -1.28. The van der Waals surface area contributed by atoms with Gasteiger partial charge in [-0.05, 0) is 37.5 Å². The fraction of sp³-hybridized carbons (Fsp3) is 0.389. The van der Waals surface area contributed by atoms with Gasteiger partial charge in [0.25, 0.3) is 5.91 Å². The molecule has 0 radical (unpaired) electrons. The van der Waals surface area contributed by atoms with Crippen molar-refractivity contribution in [1.29, 1.82) is 5.26 Å². The molecule has 0 aromatic heterocycles. The van der Waals surface area contributed by atoms with E-state index >= 15 is 0 Å². The quantitative estimate of drug-likeness (QED) is 0.631. The van der Waals surface area contributed by atoms with E-state index in [0.29, 0.717) is 10.6 Å². The van der Waals surface area contributed by atoms with Gasteiger partial charge in [-0.1, -0.05) is 43.6 Å². The Balaban J connectivity index is 2.66. The first-order chi connectivity index (χ1) is 11.2. The first kappa shape index (κ1) is 19.7. The molecule has 2 atom stereocenters. The number of amides is 1. The molecule has 128 valence electrons. The summed E-state index contributed by atoms with van der Waals surface area (Å²) in [6.45, 7) is 6.73. The summed E-state index contributed by atoms with van der Waals surface area (Å²) in [6, 6.07) is 9.10. The maximum atomic E-state index is 12.1. The van der Waals surface area contributed by atoms with Crippen molar-refractivity contribution in [1.82, 2.24) is 5.32 Å². The first-order valence-corrected chi connectivity index (χ1v) is 7.94. The van der Waals surface area contributed by atoms with Crippen molar-refractivity contribution in [2.45, 2.75) is 39.3 Å². The van der Waals surface area contributed by atoms with E-state index in [2.05, 4.69) is 11.4 Å². The molecule has 0 saturated heterocycles. The van der Waals surface area contributed by atoms with E-state index in [1.54, 1.807) is 31.2 Å². The molecule has 6 heteroatoms. The van der Waals surface area contributed by atoms with Crippen LogP contribution in [0.4, 0.5) is 0 Å². The highest BCUT2D eigenvalue weighted by Crippen LogP contribution is 2.17. The summed E-state index contributed by atoms with van der Waals surface area (Å²) >= 11 is 5.98. The Morgan fingerprint density at radius 3 is 2.50 bits per heavy atom. The van der Waals surface area contributed by atoms with Crippen molar-refractivity contribution in [3.05, 3.63) is 40.9 Å². The van der Waals surface area contributed by atoms with Crippen LogP contribution in [0.25, 0.3) is 6.08 Å². The molecule has 0 aliphatic rings. The van der Waals surface area contributed by atoms with Crippen LogP contribution in [0, 0.1) is 17.2 Å². The van der Waals surface area contributed by atoms with Crippen LogP contribution in [0.15, 0.2) is 30.3 Å². The summed E-state index contributed by atoms with van der Waals surface area (Å²) in [5, 5.41) is 12.3. The molecule has 0 heterocycles. The second kappa shape index (κ2) is 8.51. The van der Waals surface area contributed by atoms with Gasteiger partial charge in [0.05, 0.1) is 6.07 Å². The van der Waals surface area contributed by atoms with Gasteiger partial charge in [-0.15, -0.1) is 0 Å². The highest BCUT2D eigenvalue weighted by molar-refractivity contribution is 6.32. The van der Waals surface area contributed by atoms with Gasteiger partial charge in [0.1, 0.15) is 5.54 Å². The zero-order valence-electron chi connectivity index (χ0n) is 14.2. The summed E-state index contributed by atoms with van der Waals surface area (Å²) in [4.78, 5) is 23.9. The molecule has 5 nitrogen and oxygen atoms in total. The van der Waals surface area contributed by atoms with Gasteiger partial charge >= 0.3 is 5.97 Å². The van der Waals surface area contributed by atoms with Crippen LogP contribution in [0.5, 0.6) is 0 Å². The number of rotatable bonds is 6. The van der Waals surface area contributed by atoms with Crippen LogP contribution in [0.3, 0.4) is 0 Å². The van der Waals surface area contributed by atoms with Gasteiger partial charge in [-0.3, -0.25) is 4.79 Å². The SMILES string of the molecule is CC(C)[C@@](C)(C#N)NC(=O)[C@H](C)OC(=O)/C=C/c1ccccc1Cl. The van der Waals surface area contributed by atoms with Crippen molar-refractivity contribution in [2.24, 2.45) is 5.92 Å². The van der Waals surface area contributed by atoms with E-state index in [4.69, 9.17) is 16.3 Å². The van der Waals surface area contributed by atoms with Gasteiger partial charge in [0.15, 0.2) is 6.10 Å². The fourth-order valence-electron chi connectivity index (χ4n) is 1.69. The average Bonchev–Trinajstić information content (AvgIpc) is 2.53. The molecule has 0 saturated carbocycles. The molecule has 1 aromatic rings.